The molecule has 4 saturated carbocycles. The first-order chi connectivity index (χ1) is 9.41. The number of halogens is 2. The Kier molecular flexibility index (Phi) is 3.31. The Balaban J connectivity index is 1.91. The lowest BCUT2D eigenvalue weighted by molar-refractivity contribution is -0.230. The van der Waals surface area contributed by atoms with Gasteiger partial charge in [0.25, 0.3) is 0 Å². The molecule has 114 valence electrons. The van der Waals surface area contributed by atoms with Crippen molar-refractivity contribution in [2.45, 2.75) is 50.6 Å². The highest BCUT2D eigenvalue weighted by Crippen LogP contribution is 2.63. The molecule has 4 rings (SSSR count). The Morgan fingerprint density at radius 2 is 1.55 bits per heavy atom. The van der Waals surface area contributed by atoms with E-state index in [2.05, 4.69) is 4.74 Å². The molecule has 0 spiro atoms. The predicted molar refractivity (Wildman–Crippen MR) is 68.4 cm³/mol. The van der Waals surface area contributed by atoms with Crippen molar-refractivity contribution in [3.63, 3.8) is 0 Å². The van der Waals surface area contributed by atoms with Gasteiger partial charge in [-0.1, -0.05) is 0 Å². The van der Waals surface area contributed by atoms with Crippen molar-refractivity contribution in [3.05, 3.63) is 0 Å². The molecule has 4 aliphatic carbocycles. The maximum atomic E-state index is 14.4. The van der Waals surface area contributed by atoms with Crippen LogP contribution in [0.5, 0.6) is 0 Å². The molecule has 4 bridgehead atoms. The highest BCUT2D eigenvalue weighted by Gasteiger charge is 2.63. The standard InChI is InChI=1S/C15H22F2O3/c1-19-12(15(16,17)13(18)20-2)14-6-9-3-10(7-14)5-11(4-9)8-14/h9-12H,3-8H2,1-2H3. The number of esters is 1. The van der Waals surface area contributed by atoms with Crippen molar-refractivity contribution < 1.29 is 23.0 Å². The Morgan fingerprint density at radius 1 is 1.10 bits per heavy atom. The van der Waals surface area contributed by atoms with Gasteiger partial charge < -0.3 is 9.47 Å². The summed E-state index contributed by atoms with van der Waals surface area (Å²) in [6.07, 6.45) is 4.45. The summed E-state index contributed by atoms with van der Waals surface area (Å²) in [6.45, 7) is 0. The number of hydrogen-bond donors (Lipinski definition) is 0. The maximum absolute atomic E-state index is 14.4. The molecule has 20 heavy (non-hydrogen) atoms. The Bertz CT molecular complexity index is 373. The molecular weight excluding hydrogens is 266 g/mol. The van der Waals surface area contributed by atoms with Crippen LogP contribution in [0.4, 0.5) is 8.78 Å². The number of rotatable bonds is 4. The number of hydrogen-bond acceptors (Lipinski definition) is 3. The van der Waals surface area contributed by atoms with Gasteiger partial charge in [0.2, 0.25) is 0 Å². The van der Waals surface area contributed by atoms with Crippen LogP contribution >= 0.6 is 0 Å². The predicted octanol–water partition coefficient (Wildman–Crippen LogP) is 3.03. The van der Waals surface area contributed by atoms with E-state index < -0.39 is 23.4 Å². The average molecular weight is 288 g/mol. The Labute approximate surface area is 118 Å². The van der Waals surface area contributed by atoms with Crippen molar-refractivity contribution in [1.82, 2.24) is 0 Å². The second-order valence-electron chi connectivity index (χ2n) is 7.01. The van der Waals surface area contributed by atoms with Crippen molar-refractivity contribution in [1.29, 1.82) is 0 Å². The van der Waals surface area contributed by atoms with Crippen LogP contribution in [0.2, 0.25) is 0 Å². The highest BCUT2D eigenvalue weighted by atomic mass is 19.3. The molecule has 4 fully saturated rings. The van der Waals surface area contributed by atoms with E-state index in [9.17, 15) is 13.6 Å². The zero-order valence-electron chi connectivity index (χ0n) is 12.0. The zero-order valence-corrected chi connectivity index (χ0v) is 12.0. The van der Waals surface area contributed by atoms with Gasteiger partial charge in [-0.15, -0.1) is 0 Å². The van der Waals surface area contributed by atoms with Crippen LogP contribution in [0, 0.1) is 23.2 Å². The van der Waals surface area contributed by atoms with E-state index >= 15 is 0 Å². The van der Waals surface area contributed by atoms with Gasteiger partial charge in [0.1, 0.15) is 6.10 Å². The van der Waals surface area contributed by atoms with Crippen LogP contribution in [0.1, 0.15) is 38.5 Å². The van der Waals surface area contributed by atoms with E-state index in [0.29, 0.717) is 17.8 Å². The minimum absolute atomic E-state index is 0.535. The molecule has 0 aromatic carbocycles. The van der Waals surface area contributed by atoms with Gasteiger partial charge in [0.05, 0.1) is 7.11 Å². The molecule has 0 N–H and O–H groups in total. The lowest BCUT2D eigenvalue weighted by atomic mass is 9.47. The molecular formula is C15H22F2O3. The van der Waals surface area contributed by atoms with Crippen LogP contribution in [0.15, 0.2) is 0 Å². The van der Waals surface area contributed by atoms with Crippen LogP contribution in [-0.2, 0) is 14.3 Å². The molecule has 0 radical (unpaired) electrons. The molecule has 4 aliphatic rings. The average Bonchev–Trinajstić information content (AvgIpc) is 2.36. The topological polar surface area (TPSA) is 35.5 Å². The molecule has 0 heterocycles. The molecule has 0 aromatic heterocycles. The summed E-state index contributed by atoms with van der Waals surface area (Å²) in [7, 11) is 2.29. The van der Waals surface area contributed by atoms with Gasteiger partial charge in [0, 0.05) is 12.5 Å². The first kappa shape index (κ1) is 14.2. The molecule has 0 aliphatic heterocycles. The SMILES string of the molecule is COC(=O)C(F)(F)C(OC)C12CC3CC(CC(C3)C1)C2. The number of carbonyl (C=O) groups excluding carboxylic acids is 1. The van der Waals surface area contributed by atoms with Crippen molar-refractivity contribution in [2.24, 2.45) is 23.2 Å². The summed E-state index contributed by atoms with van der Waals surface area (Å²) in [4.78, 5) is 11.5. The fourth-order valence-corrected chi connectivity index (χ4v) is 5.52. The largest absolute Gasteiger partial charge is 0.465 e. The Hall–Kier alpha value is -0.710. The third-order valence-corrected chi connectivity index (χ3v) is 5.66. The number of methoxy groups -OCH3 is 2. The van der Waals surface area contributed by atoms with E-state index in [0.717, 1.165) is 26.4 Å². The number of alkyl halides is 2. The third kappa shape index (κ3) is 1.97. The molecule has 3 nitrogen and oxygen atoms in total. The summed E-state index contributed by atoms with van der Waals surface area (Å²) in [5.74, 6) is -3.43. The first-order valence-electron chi connectivity index (χ1n) is 7.40. The van der Waals surface area contributed by atoms with Crippen molar-refractivity contribution >= 4 is 5.97 Å². The van der Waals surface area contributed by atoms with Gasteiger partial charge >= 0.3 is 11.9 Å². The van der Waals surface area contributed by atoms with Gasteiger partial charge in [-0.3, -0.25) is 0 Å². The number of ether oxygens (including phenoxy) is 2. The quantitative estimate of drug-likeness (QED) is 0.746. The fraction of sp³-hybridized carbons (Fsp3) is 0.933. The fourth-order valence-electron chi connectivity index (χ4n) is 5.52. The van der Waals surface area contributed by atoms with E-state index in [1.807, 2.05) is 0 Å². The zero-order chi connectivity index (χ0) is 14.5. The molecule has 1 atom stereocenters. The van der Waals surface area contributed by atoms with Gasteiger partial charge in [-0.05, 0) is 56.3 Å². The lowest BCUT2D eigenvalue weighted by Gasteiger charge is -2.59. The molecule has 0 saturated heterocycles. The van der Waals surface area contributed by atoms with Gasteiger partial charge in [-0.2, -0.15) is 8.78 Å². The highest BCUT2D eigenvalue weighted by molar-refractivity contribution is 5.78. The molecule has 0 amide bonds. The second-order valence-corrected chi connectivity index (χ2v) is 7.01. The summed E-state index contributed by atoms with van der Waals surface area (Å²) in [5.41, 5.74) is -0.540. The van der Waals surface area contributed by atoms with E-state index in [4.69, 9.17) is 4.74 Å². The van der Waals surface area contributed by atoms with Crippen LogP contribution in [0.25, 0.3) is 0 Å². The number of carbonyl (C=O) groups is 1. The minimum atomic E-state index is -3.56. The van der Waals surface area contributed by atoms with Gasteiger partial charge in [0.15, 0.2) is 0 Å². The van der Waals surface area contributed by atoms with E-state index in [-0.39, 0.29) is 0 Å². The lowest BCUT2D eigenvalue weighted by Crippen LogP contribution is -2.59. The second kappa shape index (κ2) is 4.65. The normalized spacial score (nSPS) is 40.7. The summed E-state index contributed by atoms with van der Waals surface area (Å²) in [6, 6.07) is 0. The van der Waals surface area contributed by atoms with Crippen molar-refractivity contribution in [2.75, 3.05) is 14.2 Å². The van der Waals surface area contributed by atoms with Crippen LogP contribution in [0.3, 0.4) is 0 Å². The van der Waals surface area contributed by atoms with Crippen LogP contribution < -0.4 is 0 Å². The maximum Gasteiger partial charge on any atom is 0.379 e. The van der Waals surface area contributed by atoms with E-state index in [1.165, 1.54) is 26.4 Å². The Morgan fingerprint density at radius 3 is 1.90 bits per heavy atom. The molecule has 5 heteroatoms. The van der Waals surface area contributed by atoms with E-state index in [1.54, 1.807) is 0 Å². The summed E-state index contributed by atoms with van der Waals surface area (Å²) in [5, 5.41) is 0. The molecule has 1 unspecified atom stereocenters. The van der Waals surface area contributed by atoms with Gasteiger partial charge in [-0.25, -0.2) is 4.79 Å². The van der Waals surface area contributed by atoms with Crippen molar-refractivity contribution in [3.8, 4) is 0 Å². The summed E-state index contributed by atoms with van der Waals surface area (Å²) < 4.78 is 38.2. The molecule has 0 aromatic rings. The van der Waals surface area contributed by atoms with Crippen LogP contribution in [-0.4, -0.2) is 32.2 Å². The third-order valence-electron chi connectivity index (χ3n) is 5.66. The smallest absolute Gasteiger partial charge is 0.379 e. The summed E-state index contributed by atoms with van der Waals surface area (Å²) >= 11 is 0. The minimum Gasteiger partial charge on any atom is -0.465 e. The first-order valence-corrected chi connectivity index (χ1v) is 7.40. The monoisotopic (exact) mass is 288 g/mol.